The van der Waals surface area contributed by atoms with Crippen molar-refractivity contribution in [3.05, 3.63) is 35.5 Å². The molecule has 1 aromatic carbocycles. The largest absolute Gasteiger partial charge is 0.493 e. The smallest absolute Gasteiger partial charge is 0.211 e. The lowest BCUT2D eigenvalue weighted by molar-refractivity contribution is -0.139. The van der Waals surface area contributed by atoms with Gasteiger partial charge in [0, 0.05) is 24.4 Å². The van der Waals surface area contributed by atoms with Gasteiger partial charge in [0.1, 0.15) is 5.82 Å². The van der Waals surface area contributed by atoms with E-state index in [0.717, 1.165) is 11.1 Å². The summed E-state index contributed by atoms with van der Waals surface area (Å²) in [5.74, 6) is 1.28. The summed E-state index contributed by atoms with van der Waals surface area (Å²) in [6, 6.07) is 5.01. The molecule has 0 bridgehead atoms. The minimum Gasteiger partial charge on any atom is -0.493 e. The van der Waals surface area contributed by atoms with E-state index in [-0.39, 0.29) is 5.75 Å². The topological polar surface area (TPSA) is 113 Å². The molecule has 0 saturated heterocycles. The van der Waals surface area contributed by atoms with Gasteiger partial charge in [0.2, 0.25) is 11.5 Å². The molecule has 5 N–H and O–H groups in total. The summed E-state index contributed by atoms with van der Waals surface area (Å²) in [7, 11) is 2.96. The quantitative estimate of drug-likeness (QED) is 0.567. The Morgan fingerprint density at radius 1 is 1.10 bits per heavy atom. The van der Waals surface area contributed by atoms with Crippen molar-refractivity contribution in [2.24, 2.45) is 0 Å². The molecule has 112 valence electrons. The van der Waals surface area contributed by atoms with Gasteiger partial charge in [-0.3, -0.25) is 0 Å². The van der Waals surface area contributed by atoms with E-state index < -0.39 is 0 Å². The predicted octanol–water partition coefficient (Wildman–Crippen LogP) is 1.71. The highest BCUT2D eigenvalue weighted by molar-refractivity contribution is 5.57. The average molecular weight is 291 g/mol. The Bertz CT molecular complexity index is 621. The molecule has 0 aliphatic heterocycles. The molecule has 2 rings (SSSR count). The first-order valence-corrected chi connectivity index (χ1v) is 6.15. The zero-order chi connectivity index (χ0) is 15.4. The predicted molar refractivity (Wildman–Crippen MR) is 78.7 cm³/mol. The molecule has 7 nitrogen and oxygen atoms in total. The van der Waals surface area contributed by atoms with Crippen LogP contribution in [0.2, 0.25) is 0 Å². The number of benzene rings is 1. The molecular weight excluding hydrogens is 274 g/mol. The third-order valence-corrected chi connectivity index (χ3v) is 3.04. The van der Waals surface area contributed by atoms with Gasteiger partial charge >= 0.3 is 0 Å². The normalized spacial score (nSPS) is 10.2. The molecule has 1 aromatic heterocycles. The molecule has 21 heavy (non-hydrogen) atoms. The fraction of sp³-hybridized carbons (Fsp3) is 0.214. The highest BCUT2D eigenvalue weighted by Crippen LogP contribution is 2.38. The van der Waals surface area contributed by atoms with E-state index >= 15 is 0 Å². The first kappa shape index (κ1) is 14.7. The Hall–Kier alpha value is -2.67. The average Bonchev–Trinajstić information content (AvgIpc) is 2.49. The van der Waals surface area contributed by atoms with E-state index in [1.165, 1.54) is 14.2 Å². The first-order chi connectivity index (χ1) is 10.1. The highest BCUT2D eigenvalue weighted by atomic mass is 17.1. The molecule has 0 atom stereocenters. The third kappa shape index (κ3) is 3.09. The zero-order valence-corrected chi connectivity index (χ0v) is 11.8. The monoisotopic (exact) mass is 291 g/mol. The molecular formula is C14H17N3O4. The maximum absolute atomic E-state index is 8.96. The van der Waals surface area contributed by atoms with Gasteiger partial charge in [-0.2, -0.15) is 0 Å². The molecule has 0 fully saturated rings. The van der Waals surface area contributed by atoms with Crippen LogP contribution < -0.4 is 25.8 Å². The lowest BCUT2D eigenvalue weighted by Gasteiger charge is -2.13. The number of hydrogen-bond acceptors (Lipinski definition) is 7. The van der Waals surface area contributed by atoms with Gasteiger partial charge in [0.25, 0.3) is 0 Å². The van der Waals surface area contributed by atoms with Gasteiger partial charge < -0.3 is 25.8 Å². The van der Waals surface area contributed by atoms with Crippen molar-refractivity contribution in [3.63, 3.8) is 0 Å². The van der Waals surface area contributed by atoms with Crippen LogP contribution in [0.1, 0.15) is 11.1 Å². The highest BCUT2D eigenvalue weighted by Gasteiger charge is 2.15. The molecule has 0 amide bonds. The van der Waals surface area contributed by atoms with Gasteiger partial charge in [0.15, 0.2) is 5.75 Å². The van der Waals surface area contributed by atoms with Crippen molar-refractivity contribution < 1.29 is 19.6 Å². The summed E-state index contributed by atoms with van der Waals surface area (Å²) in [6.07, 6.45) is 2.09. The number of ether oxygens (including phenoxy) is 2. The Balaban J connectivity index is 2.40. The maximum Gasteiger partial charge on any atom is 0.211 e. The van der Waals surface area contributed by atoms with Crippen LogP contribution in [0, 0.1) is 0 Å². The van der Waals surface area contributed by atoms with Gasteiger partial charge in [-0.05, 0) is 23.3 Å². The summed E-state index contributed by atoms with van der Waals surface area (Å²) in [5, 5.41) is 8.96. The Kier molecular flexibility index (Phi) is 4.34. The van der Waals surface area contributed by atoms with Gasteiger partial charge in [-0.15, -0.1) is 0 Å². The Morgan fingerprint density at radius 3 is 2.38 bits per heavy atom. The first-order valence-electron chi connectivity index (χ1n) is 6.15. The fourth-order valence-corrected chi connectivity index (χ4v) is 2.04. The molecule has 7 heteroatoms. The summed E-state index contributed by atoms with van der Waals surface area (Å²) >= 11 is 0. The van der Waals surface area contributed by atoms with Crippen molar-refractivity contribution in [2.75, 3.05) is 25.7 Å². The van der Waals surface area contributed by atoms with Gasteiger partial charge in [0.05, 0.1) is 14.2 Å². The van der Waals surface area contributed by atoms with E-state index in [0.29, 0.717) is 29.4 Å². The number of hydrogen-bond donors (Lipinski definition) is 3. The Labute approximate surface area is 122 Å². The van der Waals surface area contributed by atoms with Crippen LogP contribution >= 0.6 is 0 Å². The molecule has 0 spiro atoms. The number of nitrogens with two attached hydrogens (primary N) is 2. The number of rotatable bonds is 5. The fourth-order valence-electron chi connectivity index (χ4n) is 2.04. The van der Waals surface area contributed by atoms with Crippen molar-refractivity contribution in [3.8, 4) is 17.2 Å². The van der Waals surface area contributed by atoms with Crippen LogP contribution in [0.15, 0.2) is 24.4 Å². The number of pyridine rings is 1. The van der Waals surface area contributed by atoms with Crippen LogP contribution in [-0.2, 0) is 6.42 Å². The van der Waals surface area contributed by atoms with Crippen LogP contribution in [-0.4, -0.2) is 24.5 Å². The van der Waals surface area contributed by atoms with Crippen LogP contribution in [0.3, 0.4) is 0 Å². The molecule has 0 aliphatic carbocycles. The van der Waals surface area contributed by atoms with Gasteiger partial charge in [-0.25, -0.2) is 10.2 Å². The van der Waals surface area contributed by atoms with Crippen molar-refractivity contribution >= 4 is 11.5 Å². The molecule has 0 aliphatic rings. The summed E-state index contributed by atoms with van der Waals surface area (Å²) in [5.41, 5.74) is 13.6. The zero-order valence-electron chi connectivity index (χ0n) is 11.8. The summed E-state index contributed by atoms with van der Waals surface area (Å²) in [6.45, 7) is 0. The van der Waals surface area contributed by atoms with E-state index in [1.54, 1.807) is 24.4 Å². The number of anilines is 2. The van der Waals surface area contributed by atoms with Crippen molar-refractivity contribution in [1.29, 1.82) is 0 Å². The van der Waals surface area contributed by atoms with E-state index in [4.69, 9.17) is 26.2 Å². The van der Waals surface area contributed by atoms with Crippen LogP contribution in [0.5, 0.6) is 17.2 Å². The molecule has 1 heterocycles. The number of nitrogen functional groups attached to an aromatic ring is 2. The van der Waals surface area contributed by atoms with Crippen molar-refractivity contribution in [2.45, 2.75) is 6.42 Å². The minimum atomic E-state index is 0.161. The van der Waals surface area contributed by atoms with Crippen molar-refractivity contribution in [1.82, 2.24) is 4.98 Å². The van der Waals surface area contributed by atoms with Gasteiger partial charge in [-0.1, -0.05) is 0 Å². The van der Waals surface area contributed by atoms with E-state index in [1.807, 2.05) is 0 Å². The lowest BCUT2D eigenvalue weighted by Crippen LogP contribution is -2.01. The number of nitrogens with zero attached hydrogens (tertiary/aromatic N) is 1. The second kappa shape index (κ2) is 6.19. The third-order valence-electron chi connectivity index (χ3n) is 3.04. The summed E-state index contributed by atoms with van der Waals surface area (Å²) < 4.78 is 10.4. The molecule has 0 unspecified atom stereocenters. The summed E-state index contributed by atoms with van der Waals surface area (Å²) in [4.78, 5) is 8.35. The molecule has 2 aromatic rings. The molecule has 0 saturated carbocycles. The van der Waals surface area contributed by atoms with Crippen LogP contribution in [0.25, 0.3) is 0 Å². The SMILES string of the molecule is COc1cc(Cc2cnc(N)cc2N)cc(OO)c1OC. The van der Waals surface area contributed by atoms with E-state index in [9.17, 15) is 0 Å². The minimum absolute atomic E-state index is 0.161. The number of aromatic nitrogens is 1. The second-order valence-corrected chi connectivity index (χ2v) is 4.41. The molecule has 0 radical (unpaired) electrons. The number of methoxy groups -OCH3 is 2. The Morgan fingerprint density at radius 2 is 1.81 bits per heavy atom. The van der Waals surface area contributed by atoms with E-state index in [2.05, 4.69) is 9.87 Å². The standard InChI is InChI=1S/C14H17N3O4/c1-19-11-4-8(5-12(21-18)14(11)20-2)3-9-7-17-13(16)6-10(9)15/h4-7,18H,3H2,1-2H3,(H4,15,16,17). The second-order valence-electron chi connectivity index (χ2n) is 4.41. The maximum atomic E-state index is 8.96. The lowest BCUT2D eigenvalue weighted by atomic mass is 10.0. The van der Waals surface area contributed by atoms with Crippen LogP contribution in [0.4, 0.5) is 11.5 Å².